The summed E-state index contributed by atoms with van der Waals surface area (Å²) >= 11 is 0. The van der Waals surface area contributed by atoms with Crippen LogP contribution in [0, 0.1) is 23.2 Å². The van der Waals surface area contributed by atoms with Gasteiger partial charge in [-0.25, -0.2) is 4.79 Å². The Labute approximate surface area is 149 Å². The molecule has 2 atom stereocenters. The minimum absolute atomic E-state index is 0.141. The molecule has 0 aromatic rings. The van der Waals surface area contributed by atoms with Crippen molar-refractivity contribution in [2.24, 2.45) is 23.2 Å². The number of imide groups is 1. The highest BCUT2D eigenvalue weighted by Crippen LogP contribution is 2.59. The second kappa shape index (κ2) is 5.85. The number of hydrogen-bond acceptors (Lipinski definition) is 3. The maximum absolute atomic E-state index is 12.8. The van der Waals surface area contributed by atoms with E-state index in [-0.39, 0.29) is 29.1 Å². The molecule has 6 nitrogen and oxygen atoms in total. The molecule has 2 saturated carbocycles. The zero-order valence-corrected chi connectivity index (χ0v) is 15.8. The summed E-state index contributed by atoms with van der Waals surface area (Å²) in [6.07, 6.45) is 5.19. The summed E-state index contributed by atoms with van der Waals surface area (Å²) in [5, 5.41) is 3.74. The van der Waals surface area contributed by atoms with Crippen LogP contribution >= 0.6 is 0 Å². The van der Waals surface area contributed by atoms with Gasteiger partial charge in [-0.05, 0) is 56.8 Å². The number of nitrogens with zero attached hydrogens (tertiary/aromatic N) is 1. The molecule has 1 aliphatic heterocycles. The van der Waals surface area contributed by atoms with E-state index < -0.39 is 11.6 Å². The van der Waals surface area contributed by atoms with E-state index in [0.717, 1.165) is 17.9 Å². The summed E-state index contributed by atoms with van der Waals surface area (Å²) in [6.45, 7) is 10.3. The number of carbonyl (C=O) groups is 3. The van der Waals surface area contributed by atoms with Gasteiger partial charge in [0.05, 0.1) is 5.92 Å². The number of nitrogens with one attached hydrogen (secondary N) is 2. The molecule has 2 N–H and O–H groups in total. The monoisotopic (exact) mass is 347 g/mol. The van der Waals surface area contributed by atoms with E-state index in [4.69, 9.17) is 0 Å². The van der Waals surface area contributed by atoms with Crippen LogP contribution in [-0.4, -0.2) is 28.4 Å². The second-order valence-corrected chi connectivity index (χ2v) is 8.88. The predicted octanol–water partition coefficient (Wildman–Crippen LogP) is 2.76. The molecule has 3 fully saturated rings. The number of carbonyl (C=O) groups excluding carboxylic acids is 3. The van der Waals surface area contributed by atoms with Crippen molar-refractivity contribution in [2.75, 3.05) is 0 Å². The Bertz CT molecular complexity index is 640. The molecule has 0 aromatic heterocycles. The molecule has 0 unspecified atom stereocenters. The normalized spacial score (nSPS) is 30.2. The van der Waals surface area contributed by atoms with E-state index in [2.05, 4.69) is 23.7 Å². The maximum Gasteiger partial charge on any atom is 0.344 e. The van der Waals surface area contributed by atoms with Gasteiger partial charge in [-0.15, -0.1) is 0 Å². The SMILES string of the molecule is CC(C)=C[C@@H]1[C@H](C(=O)NN2C(=O)NC3(CCC(C)CC3)C2=O)C1(C)C. The summed E-state index contributed by atoms with van der Waals surface area (Å²) in [5.41, 5.74) is 2.77. The Morgan fingerprint density at radius 1 is 1.24 bits per heavy atom. The van der Waals surface area contributed by atoms with E-state index in [1.54, 1.807) is 0 Å². The molecule has 0 bridgehead atoms. The fourth-order valence-corrected chi connectivity index (χ4v) is 4.34. The topological polar surface area (TPSA) is 78.5 Å². The lowest BCUT2D eigenvalue weighted by molar-refractivity contribution is -0.140. The molecule has 3 aliphatic rings. The number of urea groups is 1. The van der Waals surface area contributed by atoms with Crippen molar-refractivity contribution in [2.45, 2.75) is 65.8 Å². The number of allylic oxidation sites excluding steroid dienone is 2. The number of hydrogen-bond donors (Lipinski definition) is 2. The van der Waals surface area contributed by atoms with Crippen molar-refractivity contribution < 1.29 is 14.4 Å². The van der Waals surface area contributed by atoms with Gasteiger partial charge in [-0.3, -0.25) is 15.0 Å². The lowest BCUT2D eigenvalue weighted by atomic mass is 9.77. The summed E-state index contributed by atoms with van der Waals surface area (Å²) in [7, 11) is 0. The smallest absolute Gasteiger partial charge is 0.322 e. The largest absolute Gasteiger partial charge is 0.344 e. The maximum atomic E-state index is 12.8. The average Bonchev–Trinajstić information content (AvgIpc) is 2.97. The van der Waals surface area contributed by atoms with Crippen LogP contribution in [0.2, 0.25) is 0 Å². The quantitative estimate of drug-likeness (QED) is 0.609. The summed E-state index contributed by atoms with van der Waals surface area (Å²) in [4.78, 5) is 37.8. The van der Waals surface area contributed by atoms with Crippen molar-refractivity contribution >= 4 is 17.8 Å². The number of hydrazine groups is 1. The van der Waals surface area contributed by atoms with Crippen LogP contribution < -0.4 is 10.7 Å². The van der Waals surface area contributed by atoms with Gasteiger partial charge in [-0.2, -0.15) is 5.01 Å². The van der Waals surface area contributed by atoms with Crippen molar-refractivity contribution in [1.29, 1.82) is 0 Å². The molecule has 138 valence electrons. The Morgan fingerprint density at radius 3 is 2.40 bits per heavy atom. The van der Waals surface area contributed by atoms with Crippen LogP contribution in [0.3, 0.4) is 0 Å². The van der Waals surface area contributed by atoms with Gasteiger partial charge >= 0.3 is 6.03 Å². The van der Waals surface area contributed by atoms with E-state index in [9.17, 15) is 14.4 Å². The minimum Gasteiger partial charge on any atom is -0.322 e. The molecule has 1 spiro atoms. The second-order valence-electron chi connectivity index (χ2n) is 8.88. The Morgan fingerprint density at radius 2 is 1.84 bits per heavy atom. The van der Waals surface area contributed by atoms with Gasteiger partial charge in [0.2, 0.25) is 5.91 Å². The first-order valence-corrected chi connectivity index (χ1v) is 9.21. The first-order valence-electron chi connectivity index (χ1n) is 9.21. The van der Waals surface area contributed by atoms with Crippen LogP contribution in [0.15, 0.2) is 11.6 Å². The molecule has 0 radical (unpaired) electrons. The van der Waals surface area contributed by atoms with Gasteiger partial charge in [0, 0.05) is 0 Å². The van der Waals surface area contributed by atoms with Crippen molar-refractivity contribution in [3.8, 4) is 0 Å². The molecule has 4 amide bonds. The minimum atomic E-state index is -0.824. The molecule has 6 heteroatoms. The number of rotatable bonds is 3. The first kappa shape index (κ1) is 18.0. The molecular weight excluding hydrogens is 318 g/mol. The Kier molecular flexibility index (Phi) is 4.20. The third kappa shape index (κ3) is 2.96. The molecule has 0 aromatic carbocycles. The third-order valence-corrected chi connectivity index (χ3v) is 6.22. The van der Waals surface area contributed by atoms with Gasteiger partial charge < -0.3 is 5.32 Å². The summed E-state index contributed by atoms with van der Waals surface area (Å²) < 4.78 is 0. The molecular formula is C19H29N3O3. The van der Waals surface area contributed by atoms with Gasteiger partial charge in [0.25, 0.3) is 5.91 Å². The molecule has 3 rings (SSSR count). The fourth-order valence-electron chi connectivity index (χ4n) is 4.34. The molecule has 1 saturated heterocycles. The highest BCUT2D eigenvalue weighted by molar-refractivity contribution is 6.08. The first-order chi connectivity index (χ1) is 11.6. The molecule has 25 heavy (non-hydrogen) atoms. The summed E-state index contributed by atoms with van der Waals surface area (Å²) in [6, 6.07) is -0.509. The standard InChI is InChI=1S/C19H29N3O3/c1-11(2)10-13-14(18(13,4)5)15(23)21-22-16(24)19(20-17(22)25)8-6-12(3)7-9-19/h10,12-14H,6-9H2,1-5H3,(H,20,25)(H,21,23)/t12?,13-,14-,19?/m1/s1. The van der Waals surface area contributed by atoms with Gasteiger partial charge in [-0.1, -0.05) is 32.4 Å². The third-order valence-electron chi connectivity index (χ3n) is 6.22. The predicted molar refractivity (Wildman–Crippen MR) is 94.1 cm³/mol. The molecule has 1 heterocycles. The van der Waals surface area contributed by atoms with Crippen LogP contribution in [0.4, 0.5) is 4.79 Å². The Balaban J connectivity index is 1.69. The van der Waals surface area contributed by atoms with Crippen molar-refractivity contribution in [3.63, 3.8) is 0 Å². The van der Waals surface area contributed by atoms with Gasteiger partial charge in [0.1, 0.15) is 5.54 Å². The van der Waals surface area contributed by atoms with E-state index >= 15 is 0 Å². The Hall–Kier alpha value is -1.85. The van der Waals surface area contributed by atoms with E-state index in [1.165, 1.54) is 5.57 Å². The zero-order valence-electron chi connectivity index (χ0n) is 15.8. The highest BCUT2D eigenvalue weighted by atomic mass is 16.2. The summed E-state index contributed by atoms with van der Waals surface area (Å²) in [5.74, 6) is -0.0723. The van der Waals surface area contributed by atoms with Crippen LogP contribution in [-0.2, 0) is 9.59 Å². The van der Waals surface area contributed by atoms with Gasteiger partial charge in [0.15, 0.2) is 0 Å². The highest BCUT2D eigenvalue weighted by Gasteiger charge is 2.61. The van der Waals surface area contributed by atoms with Crippen LogP contribution in [0.5, 0.6) is 0 Å². The van der Waals surface area contributed by atoms with Crippen LogP contribution in [0.1, 0.15) is 60.3 Å². The zero-order chi connectivity index (χ0) is 18.6. The van der Waals surface area contributed by atoms with Crippen molar-refractivity contribution in [1.82, 2.24) is 15.8 Å². The van der Waals surface area contributed by atoms with Crippen LogP contribution in [0.25, 0.3) is 0 Å². The average molecular weight is 347 g/mol. The molecule has 2 aliphatic carbocycles. The lowest BCUT2D eigenvalue weighted by Gasteiger charge is -2.33. The van der Waals surface area contributed by atoms with E-state index in [0.29, 0.717) is 18.8 Å². The lowest BCUT2D eigenvalue weighted by Crippen LogP contribution is -2.52. The fraction of sp³-hybridized carbons (Fsp3) is 0.737. The van der Waals surface area contributed by atoms with E-state index in [1.807, 2.05) is 27.7 Å². The number of amides is 4. The van der Waals surface area contributed by atoms with Crippen molar-refractivity contribution in [3.05, 3.63) is 11.6 Å².